The minimum Gasteiger partial charge on any atom is -0.117 e. The van der Waals surface area contributed by atoms with Gasteiger partial charge in [0.2, 0.25) is 5.31 Å². The van der Waals surface area contributed by atoms with Crippen molar-refractivity contribution >= 4 is 7.95 Å². The zero-order chi connectivity index (χ0) is 5.98. The summed E-state index contributed by atoms with van der Waals surface area (Å²) in [6, 6.07) is 0. The summed E-state index contributed by atoms with van der Waals surface area (Å²) in [5.41, 5.74) is 5.09. The maximum absolute atomic E-state index is 10.5. The average Bonchev–Trinajstić information content (AvgIpc) is 2.12. The second-order valence-corrected chi connectivity index (χ2v) is 2.76. The monoisotopic (exact) mass is 128 g/mol. The Kier molecular flexibility index (Phi) is 1.56. The summed E-state index contributed by atoms with van der Waals surface area (Å²) in [6.07, 6.45) is 6.50. The molecule has 0 aliphatic heterocycles. The van der Waals surface area contributed by atoms with Crippen LogP contribution in [0.2, 0.25) is 0 Å². The van der Waals surface area contributed by atoms with Crippen molar-refractivity contribution in [1.29, 1.82) is 0 Å². The smallest absolute Gasteiger partial charge is 0.117 e. The fourth-order valence-electron chi connectivity index (χ4n) is 0.609. The Morgan fingerprint density at radius 1 is 1.75 bits per heavy atom. The quantitative estimate of drug-likeness (QED) is 0.544. The van der Waals surface area contributed by atoms with Gasteiger partial charge in [-0.2, -0.15) is 0 Å². The first-order valence-electron chi connectivity index (χ1n) is 2.39. The van der Waals surface area contributed by atoms with Gasteiger partial charge in [0.25, 0.3) is 0 Å². The van der Waals surface area contributed by atoms with Gasteiger partial charge in [0, 0.05) is 0 Å². The minimum atomic E-state index is -1.58. The first kappa shape index (κ1) is 5.67. The van der Waals surface area contributed by atoms with Gasteiger partial charge in [-0.3, -0.25) is 0 Å². The average molecular weight is 128 g/mol. The molecule has 42 valence electrons. The lowest BCUT2D eigenvalue weighted by Gasteiger charge is -1.69. The lowest BCUT2D eigenvalue weighted by Crippen LogP contribution is -1.76. The Morgan fingerprint density at radius 2 is 2.50 bits per heavy atom. The van der Waals surface area contributed by atoms with E-state index in [1.165, 1.54) is 0 Å². The maximum Gasteiger partial charge on any atom is 0.468 e. The number of nitrogens with two attached hydrogens (primary N) is 1. The normalized spacial score (nSPS) is 18.6. The Bertz CT molecular complexity index is 171. The van der Waals surface area contributed by atoms with Gasteiger partial charge in [0.15, 0.2) is 0 Å². The molecule has 0 fully saturated rings. The molecule has 0 amide bonds. The molecule has 0 aromatic heterocycles. The van der Waals surface area contributed by atoms with Crippen molar-refractivity contribution in [3.8, 4) is 0 Å². The highest BCUT2D eigenvalue weighted by molar-refractivity contribution is 7.47. The zero-order valence-corrected chi connectivity index (χ0v) is 5.27. The van der Waals surface area contributed by atoms with Crippen LogP contribution in [-0.4, -0.2) is 0 Å². The van der Waals surface area contributed by atoms with Crippen molar-refractivity contribution in [2.24, 2.45) is 5.50 Å². The van der Waals surface area contributed by atoms with Crippen molar-refractivity contribution in [1.82, 2.24) is 0 Å². The highest BCUT2D eigenvalue weighted by Gasteiger charge is 2.15. The molecule has 0 bridgehead atoms. The molecule has 3 heteroatoms. The van der Waals surface area contributed by atoms with E-state index >= 15 is 0 Å². The van der Waals surface area contributed by atoms with Crippen LogP contribution >= 0.6 is 7.95 Å². The van der Waals surface area contributed by atoms with Crippen LogP contribution in [0.15, 0.2) is 23.5 Å². The summed E-state index contributed by atoms with van der Waals surface area (Å²) < 4.78 is 10.5. The molecule has 0 aromatic rings. The summed E-state index contributed by atoms with van der Waals surface area (Å²) >= 11 is 0. The van der Waals surface area contributed by atoms with E-state index in [4.69, 9.17) is 5.50 Å². The Balaban J connectivity index is 2.72. The molecule has 0 saturated carbocycles. The predicted molar refractivity (Wildman–Crippen MR) is 33.6 cm³/mol. The molecule has 1 atom stereocenters. The summed E-state index contributed by atoms with van der Waals surface area (Å²) in [5.74, 6) is 0. The van der Waals surface area contributed by atoms with E-state index in [0.717, 1.165) is 11.7 Å². The number of allylic oxidation sites excluding steroid dienone is 4. The molecule has 1 aliphatic rings. The lowest BCUT2D eigenvalue weighted by molar-refractivity contribution is 0.592. The van der Waals surface area contributed by atoms with Crippen LogP contribution in [0.5, 0.6) is 0 Å². The van der Waals surface area contributed by atoms with Gasteiger partial charge in [-0.1, -0.05) is 6.08 Å². The van der Waals surface area contributed by atoms with E-state index < -0.39 is 7.95 Å². The number of hydrogen-bond acceptors (Lipinski definition) is 1. The molecule has 1 aliphatic carbocycles. The van der Waals surface area contributed by atoms with Gasteiger partial charge in [0.1, 0.15) is 0 Å². The van der Waals surface area contributed by atoms with E-state index in [2.05, 4.69) is 0 Å². The molecule has 0 saturated heterocycles. The molecule has 8 heavy (non-hydrogen) atoms. The molecule has 2 nitrogen and oxygen atoms in total. The fourth-order valence-corrected chi connectivity index (χ4v) is 1.15. The fraction of sp³-hybridized carbons (Fsp3) is 0.200. The predicted octanol–water partition coefficient (Wildman–Crippen LogP) is 1.53. The largest absolute Gasteiger partial charge is 0.468 e. The minimum absolute atomic E-state index is 0.778. The highest BCUT2D eigenvalue weighted by atomic mass is 31.1. The first-order chi connectivity index (χ1) is 3.80. The van der Waals surface area contributed by atoms with Crippen LogP contribution < -0.4 is 5.50 Å². The van der Waals surface area contributed by atoms with Gasteiger partial charge < -0.3 is 0 Å². The van der Waals surface area contributed by atoms with E-state index in [0.29, 0.717) is 0 Å². The summed E-state index contributed by atoms with van der Waals surface area (Å²) in [4.78, 5) is 0. The van der Waals surface area contributed by atoms with Crippen molar-refractivity contribution in [2.75, 3.05) is 0 Å². The molecular formula is C5H7NOP+. The third-order valence-electron chi connectivity index (χ3n) is 1.01. The Morgan fingerprint density at radius 3 is 2.75 bits per heavy atom. The van der Waals surface area contributed by atoms with Crippen LogP contribution in [0, 0.1) is 0 Å². The summed E-state index contributed by atoms with van der Waals surface area (Å²) in [5, 5.41) is 0.778. The lowest BCUT2D eigenvalue weighted by atomic mass is 10.5. The van der Waals surface area contributed by atoms with Gasteiger partial charge in [-0.25, -0.2) is 0 Å². The number of hydrogen-bond donors (Lipinski definition) is 1. The van der Waals surface area contributed by atoms with Crippen LogP contribution in [0.25, 0.3) is 0 Å². The van der Waals surface area contributed by atoms with Crippen LogP contribution in [-0.2, 0) is 4.57 Å². The molecular weight excluding hydrogens is 121 g/mol. The zero-order valence-electron chi connectivity index (χ0n) is 4.37. The molecule has 0 aromatic carbocycles. The SMILES string of the molecule is N[P+](=O)C1=CCC=C1. The first-order valence-corrected chi connectivity index (χ1v) is 3.72. The van der Waals surface area contributed by atoms with Crippen molar-refractivity contribution in [2.45, 2.75) is 6.42 Å². The van der Waals surface area contributed by atoms with Crippen LogP contribution in [0.3, 0.4) is 0 Å². The van der Waals surface area contributed by atoms with E-state index in [1.807, 2.05) is 12.2 Å². The number of rotatable bonds is 1. The molecule has 2 N–H and O–H groups in total. The molecule has 0 spiro atoms. The van der Waals surface area contributed by atoms with Crippen LogP contribution in [0.4, 0.5) is 0 Å². The molecule has 1 unspecified atom stereocenters. The third-order valence-corrected chi connectivity index (χ3v) is 1.85. The van der Waals surface area contributed by atoms with Crippen molar-refractivity contribution in [3.63, 3.8) is 0 Å². The van der Waals surface area contributed by atoms with Crippen molar-refractivity contribution in [3.05, 3.63) is 23.5 Å². The standard InChI is InChI=1S/C5H7NOP/c6-8(7)5-3-1-2-4-5/h1,3-4H,2H2,(H2,6,7)/q+1. The van der Waals surface area contributed by atoms with Gasteiger partial charge in [-0.15, -0.1) is 5.50 Å². The second kappa shape index (κ2) is 2.21. The second-order valence-electron chi connectivity index (χ2n) is 1.59. The topological polar surface area (TPSA) is 43.1 Å². The highest BCUT2D eigenvalue weighted by Crippen LogP contribution is 2.27. The molecule has 0 heterocycles. The van der Waals surface area contributed by atoms with Gasteiger partial charge in [-0.05, 0) is 23.1 Å². The summed E-state index contributed by atoms with van der Waals surface area (Å²) in [7, 11) is -1.58. The third kappa shape index (κ3) is 1.03. The Hall–Kier alpha value is -0.460. The van der Waals surface area contributed by atoms with E-state index in [-0.39, 0.29) is 0 Å². The van der Waals surface area contributed by atoms with E-state index in [1.54, 1.807) is 6.08 Å². The van der Waals surface area contributed by atoms with Gasteiger partial charge in [0.05, 0.1) is 0 Å². The molecule has 1 rings (SSSR count). The van der Waals surface area contributed by atoms with E-state index in [9.17, 15) is 4.57 Å². The van der Waals surface area contributed by atoms with Crippen LogP contribution in [0.1, 0.15) is 6.42 Å². The van der Waals surface area contributed by atoms with Gasteiger partial charge >= 0.3 is 7.95 Å². The summed E-state index contributed by atoms with van der Waals surface area (Å²) in [6.45, 7) is 0. The Labute approximate surface area is 48.9 Å². The maximum atomic E-state index is 10.5. The van der Waals surface area contributed by atoms with Crippen molar-refractivity contribution < 1.29 is 4.57 Å². The molecule has 0 radical (unpaired) electrons.